The Morgan fingerprint density at radius 1 is 0.504 bits per heavy atom. The molecule has 2 aromatic carbocycles. The van der Waals surface area contributed by atoms with E-state index in [-0.39, 0.29) is 102 Å². The second-order valence-electron chi connectivity index (χ2n) is 35.7. The number of epoxide rings is 2. The number of esters is 2. The first-order valence-corrected chi connectivity index (χ1v) is 52.7. The van der Waals surface area contributed by atoms with Crippen molar-refractivity contribution in [1.29, 1.82) is 0 Å². The number of aryl methyl sites for hydroxylation is 2. The number of methoxy groups -OCH3 is 2. The third kappa shape index (κ3) is 36.1. The summed E-state index contributed by atoms with van der Waals surface area (Å²) in [6.45, 7) is 23.2. The number of hydrogen-bond acceptors (Lipinski definition) is 35. The first-order valence-electron chi connectivity index (χ1n) is 46.9. The molecular weight excluding hydrogens is 1960 g/mol. The van der Waals surface area contributed by atoms with Gasteiger partial charge in [0.1, 0.15) is 59.9 Å². The van der Waals surface area contributed by atoms with E-state index in [1.54, 1.807) is 102 Å². The standard InChI is InChI=1S/C50H71ClN4O17S2.C46H68ClN3O15S2/c1-31-10-9-11-38(64-8)50(63)30-37(69-48(62)52-50)33(3)46-49(5,71-46)39(29-43(59)54(7)36-28-35(26-31)27-32(2)45(36)51)70-47(61)34(4)53(6)40(56)15-24-73-74-25-23-68-22-21-67-20-19-66-18-17-65-16-14-44(60)72-55-41(57)12-13-42(55)58;1-29-10-9-11-36(58-8)46(57)28-35(63-44(56)48-46)31(3)42-45(5,65-42)37(27-39(52)50(7)34-26-33(24-29)25-30(2)41(34)47)64-43(55)32(4)49(6)38(51)13-22-66-67-23-21-62-20-19-61-18-17-60-16-15-59-14-12-40(53)54/h9-11,27-28,33-34,37-39,46,63H,12-26,29-30H2,1-8H3,(H,52,62);9-11,25-26,31-32,35-37,42,57H,12-24,27-28H2,1-8H3,(H,48,56)(H,53,54)/b11-9+,31-10+;11-9+,29-10+/t33-,34+,37+,38-,39+,46+,49+,50+;31-,32+,35+,36-,37+,42+,45+,46+/m11/s1. The van der Waals surface area contributed by atoms with Gasteiger partial charge in [-0.15, -0.1) is 5.06 Å². The van der Waals surface area contributed by atoms with Gasteiger partial charge in [0.05, 0.1) is 165 Å². The first-order chi connectivity index (χ1) is 67.0. The monoisotopic (exact) mass is 2100 g/mol. The highest BCUT2D eigenvalue weighted by Crippen LogP contribution is 2.52. The van der Waals surface area contributed by atoms with Gasteiger partial charge >= 0.3 is 36.1 Å². The van der Waals surface area contributed by atoms with Crippen LogP contribution >= 0.6 is 66.4 Å². The van der Waals surface area contributed by atoms with Crippen LogP contribution in [0.5, 0.6) is 0 Å². The summed E-state index contributed by atoms with van der Waals surface area (Å²) >= 11 is 13.6. The Morgan fingerprint density at radius 3 is 1.20 bits per heavy atom. The van der Waals surface area contributed by atoms with Crippen molar-refractivity contribution in [3.8, 4) is 0 Å². The minimum atomic E-state index is -1.84. The number of carbonyl (C=O) groups excluding carboxylic acids is 11. The van der Waals surface area contributed by atoms with Gasteiger partial charge in [0.2, 0.25) is 23.6 Å². The van der Waals surface area contributed by atoms with Crippen LogP contribution < -0.4 is 20.4 Å². The number of hydrogen-bond donors (Lipinski definition) is 5. The highest BCUT2D eigenvalue weighted by Gasteiger charge is 2.66. The fraction of sp³-hybridized carbons (Fsp3) is 0.667. The van der Waals surface area contributed by atoms with Crippen LogP contribution in [0, 0.1) is 25.7 Å². The number of amides is 8. The molecular formula is C96H139Cl2N7O32S4. The summed E-state index contributed by atoms with van der Waals surface area (Å²) in [6, 6.07) is 5.55. The number of aliphatic hydroxyl groups is 2. The van der Waals surface area contributed by atoms with E-state index in [1.807, 2.05) is 64.1 Å². The predicted octanol–water partition coefficient (Wildman–Crippen LogP) is 9.78. The fourth-order valence-corrected chi connectivity index (χ4v) is 20.3. The Balaban J connectivity index is 0.000000347. The Morgan fingerprint density at radius 2 is 0.844 bits per heavy atom. The van der Waals surface area contributed by atoms with Gasteiger partial charge in [-0.25, -0.2) is 24.0 Å². The third-order valence-electron chi connectivity index (χ3n) is 25.0. The van der Waals surface area contributed by atoms with E-state index in [0.29, 0.717) is 142 Å². The van der Waals surface area contributed by atoms with E-state index in [1.165, 1.54) is 69.5 Å². The molecule has 141 heavy (non-hydrogen) atoms. The molecule has 39 nitrogen and oxygen atoms in total. The normalized spacial score (nSPS) is 27.0. The molecule has 16 atom stereocenters. The Hall–Kier alpha value is -7.74. The zero-order valence-electron chi connectivity index (χ0n) is 83.1. The summed E-state index contributed by atoms with van der Waals surface area (Å²) in [5.41, 5.74) is 0.0612. The Bertz CT molecular complexity index is 4680. The number of imide groups is 1. The summed E-state index contributed by atoms with van der Waals surface area (Å²) in [5.74, 6) is -4.29. The molecule has 0 aliphatic carbocycles. The van der Waals surface area contributed by atoms with Crippen molar-refractivity contribution in [3.05, 3.63) is 104 Å². The van der Waals surface area contributed by atoms with Gasteiger partial charge in [-0.05, 0) is 103 Å². The molecule has 5 N–H and O–H groups in total. The number of alkyl carbamates (subject to hydrolysis) is 2. The van der Waals surface area contributed by atoms with E-state index in [0.717, 1.165) is 33.4 Å². The number of likely N-dealkylation sites (N-methyl/N-ethyl adjacent to an activating group) is 2. The zero-order chi connectivity index (χ0) is 103. The molecule has 8 bridgehead atoms. The molecule has 8 amide bonds. The lowest BCUT2D eigenvalue weighted by Crippen LogP contribution is -2.63. The number of aliphatic carboxylic acids is 1. The molecule has 7 aliphatic rings. The van der Waals surface area contributed by atoms with Crippen molar-refractivity contribution < 1.29 is 153 Å². The van der Waals surface area contributed by atoms with Gasteiger partial charge in [0.15, 0.2) is 11.4 Å². The Labute approximate surface area is 849 Å². The average molecular weight is 2100 g/mol. The maximum Gasteiger partial charge on any atom is 0.409 e. The minimum Gasteiger partial charge on any atom is -0.481 e. The van der Waals surface area contributed by atoms with Gasteiger partial charge < -0.3 is 116 Å². The van der Waals surface area contributed by atoms with Crippen molar-refractivity contribution in [2.24, 2.45) is 11.8 Å². The quantitative estimate of drug-likeness (QED) is 0.0103. The molecule has 0 radical (unpaired) electrons. The van der Waals surface area contributed by atoms with Crippen molar-refractivity contribution >= 4 is 149 Å². The first kappa shape index (κ1) is 118. The maximum atomic E-state index is 14.3. The maximum absolute atomic E-state index is 14.3. The van der Waals surface area contributed by atoms with Crippen molar-refractivity contribution in [2.75, 3.05) is 181 Å². The van der Waals surface area contributed by atoms with Crippen LogP contribution in [0.4, 0.5) is 21.0 Å². The number of hydroxylamine groups is 2. The second-order valence-corrected chi connectivity index (χ2v) is 41.8. The van der Waals surface area contributed by atoms with Gasteiger partial charge in [-0.2, -0.15) is 0 Å². The number of nitrogens with one attached hydrogen (secondary N) is 2. The molecule has 0 saturated carbocycles. The van der Waals surface area contributed by atoms with Crippen LogP contribution in [0.1, 0.15) is 142 Å². The second kappa shape index (κ2) is 58.0. The molecule has 0 spiro atoms. The number of ether oxygens (including phenoxy) is 16. The van der Waals surface area contributed by atoms with Crippen molar-refractivity contribution in [2.45, 2.75) is 230 Å². The summed E-state index contributed by atoms with van der Waals surface area (Å²) in [6.07, 6.45) is 2.19. The van der Waals surface area contributed by atoms with Gasteiger partial charge in [0, 0.05) is 116 Å². The minimum absolute atomic E-state index is 0.0318. The molecule has 5 fully saturated rings. The summed E-state index contributed by atoms with van der Waals surface area (Å²) in [5, 5.41) is 38.5. The SMILES string of the molecule is CO[C@@H]1/C=C/C=C(\C)Cc2cc(C)c(Cl)c(c2)N(C)C(=O)C[C@H](OC(=O)[C@H](C)N(C)C(=O)CCSSCCOCCOCCOCCOCCC(=O)O)[C@]2(C)O[C@H]2[C@H](C)[C@@H]2C[C@@]1(O)NC(=O)O2.CO[C@@H]1/C=C/C=C(\C)Cc2cc(C)c(Cl)c(c2)N(C)C(=O)C[C@H](OC(=O)[C@H](C)N(C)C(=O)CCSSCCOCCOCCOCCOCCC(=O)ON2C(=O)CCC2=O)[C@]2(C)O[C@H]2[C@H](C)[C@@H]2C[C@@]1(O)NC(=O)O2. The smallest absolute Gasteiger partial charge is 0.409 e. The Kier molecular flexibility index (Phi) is 48.7. The number of carboxylic acid groups (broad SMARTS) is 1. The highest BCUT2D eigenvalue weighted by molar-refractivity contribution is 8.77. The van der Waals surface area contributed by atoms with Crippen LogP contribution in [0.25, 0.3) is 0 Å². The third-order valence-corrected chi connectivity index (χ3v) is 30.7. The molecule has 0 unspecified atom stereocenters. The number of carboxylic acids is 1. The lowest BCUT2D eigenvalue weighted by Gasteiger charge is -2.42. The van der Waals surface area contributed by atoms with E-state index >= 15 is 0 Å². The van der Waals surface area contributed by atoms with Crippen LogP contribution in [0.2, 0.25) is 10.0 Å². The summed E-state index contributed by atoms with van der Waals surface area (Å²) in [7, 11) is 15.3. The number of benzene rings is 2. The summed E-state index contributed by atoms with van der Waals surface area (Å²) in [4.78, 5) is 164. The predicted molar refractivity (Wildman–Crippen MR) is 528 cm³/mol. The lowest BCUT2D eigenvalue weighted by molar-refractivity contribution is -0.198. The number of anilines is 2. The van der Waals surface area contributed by atoms with Crippen molar-refractivity contribution in [3.63, 3.8) is 0 Å². The van der Waals surface area contributed by atoms with Crippen LogP contribution in [0.3, 0.4) is 0 Å². The number of fused-ring (bicyclic) bond motifs is 10. The number of halogens is 2. The largest absolute Gasteiger partial charge is 0.481 e. The van der Waals surface area contributed by atoms with E-state index in [2.05, 4.69) is 10.6 Å². The molecule has 7 heterocycles. The number of nitrogens with zero attached hydrogens (tertiary/aromatic N) is 5. The van der Waals surface area contributed by atoms with Gasteiger partial charge in [-0.1, -0.05) is 140 Å². The molecule has 788 valence electrons. The highest BCUT2D eigenvalue weighted by atomic mass is 35.5. The fourth-order valence-electron chi connectivity index (χ4n) is 16.2. The summed E-state index contributed by atoms with van der Waals surface area (Å²) < 4.78 is 91.1. The number of carbonyl (C=O) groups is 12. The van der Waals surface area contributed by atoms with E-state index in [9.17, 15) is 67.7 Å². The molecule has 45 heteroatoms. The van der Waals surface area contributed by atoms with E-state index in [4.69, 9.17) is 109 Å². The topological polar surface area (TPSA) is 469 Å². The average Bonchev–Trinajstić information content (AvgIpc) is 1.57. The van der Waals surface area contributed by atoms with Crippen LogP contribution in [-0.2, 0) is 141 Å². The van der Waals surface area contributed by atoms with Crippen molar-refractivity contribution in [1.82, 2.24) is 25.5 Å². The number of allylic oxidation sites excluding steroid dienone is 6. The zero-order valence-corrected chi connectivity index (χ0v) is 87.9. The number of rotatable bonds is 47. The molecule has 0 aromatic heterocycles. The van der Waals surface area contributed by atoms with Gasteiger partial charge in [0.25, 0.3) is 11.8 Å². The lowest BCUT2D eigenvalue weighted by atomic mass is 9.83. The molecule has 7 aliphatic heterocycles. The van der Waals surface area contributed by atoms with Gasteiger partial charge in [-0.3, -0.25) is 44.2 Å². The molecule has 5 saturated heterocycles. The molecule has 9 rings (SSSR count). The van der Waals surface area contributed by atoms with Crippen LogP contribution in [0.15, 0.2) is 71.9 Å². The molecule has 2 aromatic rings. The van der Waals surface area contributed by atoms with Crippen LogP contribution in [-0.4, -0.2) is 356 Å². The van der Waals surface area contributed by atoms with E-state index < -0.39 is 155 Å².